The average Bonchev–Trinajstić information content (AvgIpc) is 2.91. The molecule has 8 heteroatoms. The number of ketones is 1. The molecule has 6 nitrogen and oxygen atoms in total. The maximum Gasteiger partial charge on any atom is 0.340 e. The Morgan fingerprint density at radius 2 is 1.79 bits per heavy atom. The van der Waals surface area contributed by atoms with Crippen molar-refractivity contribution >= 4 is 33.2 Å². The molecule has 0 saturated heterocycles. The molecule has 0 saturated carbocycles. The summed E-state index contributed by atoms with van der Waals surface area (Å²) in [5, 5.41) is 0.0571. The zero-order valence-corrected chi connectivity index (χ0v) is 18.9. The van der Waals surface area contributed by atoms with Crippen LogP contribution in [0.3, 0.4) is 0 Å². The lowest BCUT2D eigenvalue weighted by Gasteiger charge is -2.11. The van der Waals surface area contributed by atoms with Crippen LogP contribution in [0.2, 0.25) is 5.02 Å². The van der Waals surface area contributed by atoms with Crippen molar-refractivity contribution in [2.75, 3.05) is 12.9 Å². The number of carbonyl (C=O) groups is 2. The van der Waals surface area contributed by atoms with Gasteiger partial charge in [-0.1, -0.05) is 25.4 Å². The number of rotatable bonds is 8. The molecule has 0 aliphatic rings. The predicted octanol–water partition coefficient (Wildman–Crippen LogP) is 4.25. The van der Waals surface area contributed by atoms with Crippen molar-refractivity contribution in [3.05, 3.63) is 51.8 Å². The number of halogens is 1. The summed E-state index contributed by atoms with van der Waals surface area (Å²) in [6, 6.07) is 5.58. The fourth-order valence-electron chi connectivity index (χ4n) is 2.99. The highest BCUT2D eigenvalue weighted by Crippen LogP contribution is 2.22. The molecule has 1 aromatic carbocycles. The monoisotopic (exact) mass is 439 g/mol. The van der Waals surface area contributed by atoms with E-state index in [4.69, 9.17) is 16.3 Å². The fourth-order valence-corrected chi connectivity index (χ4v) is 3.83. The number of nitrogens with zero attached hydrogens (tertiary/aromatic N) is 1. The van der Waals surface area contributed by atoms with Gasteiger partial charge in [0.15, 0.2) is 16.4 Å². The number of hydrogen-bond donors (Lipinski definition) is 0. The SMILES string of the molecule is Cc1cc(C(=O)COC(=O)c2cc(S(C)(=O)=O)ccc2Cl)c(C)n1CCC(C)C. The molecule has 0 N–H and O–H groups in total. The second kappa shape index (κ2) is 9.13. The summed E-state index contributed by atoms with van der Waals surface area (Å²) in [6.45, 7) is 8.46. The van der Waals surface area contributed by atoms with Gasteiger partial charge < -0.3 is 9.30 Å². The van der Waals surface area contributed by atoms with E-state index in [1.807, 2.05) is 13.8 Å². The molecule has 158 valence electrons. The number of carbonyl (C=O) groups excluding carboxylic acids is 2. The Kier molecular flexibility index (Phi) is 7.30. The minimum atomic E-state index is -3.51. The number of aromatic nitrogens is 1. The molecular weight excluding hydrogens is 414 g/mol. The third-order valence-corrected chi connectivity index (χ3v) is 6.16. The summed E-state index contributed by atoms with van der Waals surface area (Å²) in [7, 11) is -3.51. The van der Waals surface area contributed by atoms with Crippen molar-refractivity contribution in [2.45, 2.75) is 45.6 Å². The van der Waals surface area contributed by atoms with E-state index in [9.17, 15) is 18.0 Å². The normalized spacial score (nSPS) is 11.7. The van der Waals surface area contributed by atoms with Crippen molar-refractivity contribution in [3.8, 4) is 0 Å². The summed E-state index contributed by atoms with van der Waals surface area (Å²) in [5.41, 5.74) is 2.22. The summed E-state index contributed by atoms with van der Waals surface area (Å²) in [4.78, 5) is 24.9. The predicted molar refractivity (Wildman–Crippen MR) is 113 cm³/mol. The topological polar surface area (TPSA) is 82.4 Å². The van der Waals surface area contributed by atoms with Crippen LogP contribution in [0.25, 0.3) is 0 Å². The molecule has 0 atom stereocenters. The van der Waals surface area contributed by atoms with Gasteiger partial charge in [0, 0.05) is 29.8 Å². The van der Waals surface area contributed by atoms with Crippen molar-refractivity contribution in [1.82, 2.24) is 4.57 Å². The lowest BCUT2D eigenvalue weighted by molar-refractivity contribution is 0.0474. The Hall–Kier alpha value is -2.12. The molecule has 0 fully saturated rings. The smallest absolute Gasteiger partial charge is 0.340 e. The zero-order valence-electron chi connectivity index (χ0n) is 17.3. The average molecular weight is 440 g/mol. The van der Waals surface area contributed by atoms with Gasteiger partial charge in [-0.05, 0) is 50.5 Å². The first-order valence-electron chi connectivity index (χ1n) is 9.28. The van der Waals surface area contributed by atoms with E-state index in [1.165, 1.54) is 12.1 Å². The van der Waals surface area contributed by atoms with Gasteiger partial charge in [0.05, 0.1) is 15.5 Å². The van der Waals surface area contributed by atoms with E-state index < -0.39 is 22.4 Å². The van der Waals surface area contributed by atoms with Gasteiger partial charge in [0.25, 0.3) is 0 Å². The minimum Gasteiger partial charge on any atom is -0.454 e. The van der Waals surface area contributed by atoms with Crippen molar-refractivity contribution in [2.24, 2.45) is 5.92 Å². The third-order valence-electron chi connectivity index (χ3n) is 4.72. The van der Waals surface area contributed by atoms with E-state index in [-0.39, 0.29) is 21.3 Å². The third kappa shape index (κ3) is 5.70. The number of hydrogen-bond acceptors (Lipinski definition) is 5. The highest BCUT2D eigenvalue weighted by atomic mass is 35.5. The Bertz CT molecular complexity index is 1040. The van der Waals surface area contributed by atoms with Crippen LogP contribution in [-0.4, -0.2) is 37.6 Å². The molecule has 0 bridgehead atoms. The number of esters is 1. The second-order valence-electron chi connectivity index (χ2n) is 7.53. The second-order valence-corrected chi connectivity index (χ2v) is 9.96. The number of Topliss-reactive ketones (excluding diaryl/α,β-unsaturated/α-hetero) is 1. The highest BCUT2D eigenvalue weighted by Gasteiger charge is 2.20. The van der Waals surface area contributed by atoms with Crippen LogP contribution in [0.15, 0.2) is 29.2 Å². The van der Waals surface area contributed by atoms with E-state index in [0.717, 1.165) is 36.7 Å². The summed E-state index contributed by atoms with van der Waals surface area (Å²) >= 11 is 6.00. The minimum absolute atomic E-state index is 0.0473. The Morgan fingerprint density at radius 3 is 2.38 bits per heavy atom. The highest BCUT2D eigenvalue weighted by molar-refractivity contribution is 7.90. The quantitative estimate of drug-likeness (QED) is 0.453. The largest absolute Gasteiger partial charge is 0.454 e. The number of aryl methyl sites for hydroxylation is 1. The molecule has 0 aliphatic heterocycles. The summed E-state index contributed by atoms with van der Waals surface area (Å²) in [6.07, 6.45) is 2.03. The van der Waals surface area contributed by atoms with Crippen LogP contribution >= 0.6 is 11.6 Å². The number of benzene rings is 1. The van der Waals surface area contributed by atoms with Crippen molar-refractivity contribution in [1.29, 1.82) is 0 Å². The Morgan fingerprint density at radius 1 is 1.14 bits per heavy atom. The Balaban J connectivity index is 2.14. The molecule has 1 heterocycles. The van der Waals surface area contributed by atoms with Crippen LogP contribution in [0.5, 0.6) is 0 Å². The lowest BCUT2D eigenvalue weighted by atomic mass is 10.1. The molecule has 0 spiro atoms. The molecule has 0 aliphatic carbocycles. The molecule has 2 rings (SSSR count). The first-order chi connectivity index (χ1) is 13.4. The molecule has 1 aromatic heterocycles. The standard InChI is InChI=1S/C21H26ClNO5S/c1-13(2)8-9-23-14(3)10-17(15(23)4)20(24)12-28-21(25)18-11-16(29(5,26)27)6-7-19(18)22/h6-7,10-11,13H,8-9,12H2,1-5H3. The van der Waals surface area contributed by atoms with Gasteiger partial charge in [-0.2, -0.15) is 0 Å². The molecule has 29 heavy (non-hydrogen) atoms. The van der Waals surface area contributed by atoms with E-state index >= 15 is 0 Å². The van der Waals surface area contributed by atoms with Crippen LogP contribution in [0, 0.1) is 19.8 Å². The zero-order chi connectivity index (χ0) is 21.9. The lowest BCUT2D eigenvalue weighted by Crippen LogP contribution is -2.16. The van der Waals surface area contributed by atoms with Crippen LogP contribution in [-0.2, 0) is 21.1 Å². The van der Waals surface area contributed by atoms with Crippen LogP contribution in [0.4, 0.5) is 0 Å². The maximum atomic E-state index is 12.6. The molecular formula is C21H26ClNO5S. The van der Waals surface area contributed by atoms with Gasteiger partial charge in [0.2, 0.25) is 5.78 Å². The summed E-state index contributed by atoms with van der Waals surface area (Å²) < 4.78 is 30.6. The number of ether oxygens (including phenoxy) is 1. The fraction of sp³-hybridized carbons (Fsp3) is 0.429. The molecule has 0 radical (unpaired) electrons. The molecule has 0 unspecified atom stereocenters. The first kappa shape index (κ1) is 23.2. The summed E-state index contributed by atoms with van der Waals surface area (Å²) in [5.74, 6) is -0.621. The van der Waals surface area contributed by atoms with Crippen LogP contribution in [0.1, 0.15) is 52.4 Å². The molecule has 0 amide bonds. The van der Waals surface area contributed by atoms with Gasteiger partial charge in [-0.25, -0.2) is 13.2 Å². The molecule has 2 aromatic rings. The van der Waals surface area contributed by atoms with E-state index in [2.05, 4.69) is 18.4 Å². The van der Waals surface area contributed by atoms with Crippen molar-refractivity contribution in [3.63, 3.8) is 0 Å². The van der Waals surface area contributed by atoms with Gasteiger partial charge in [-0.3, -0.25) is 4.79 Å². The van der Waals surface area contributed by atoms with Crippen LogP contribution < -0.4 is 0 Å². The van der Waals surface area contributed by atoms with Gasteiger partial charge in [-0.15, -0.1) is 0 Å². The number of sulfone groups is 1. The first-order valence-corrected chi connectivity index (χ1v) is 11.6. The van der Waals surface area contributed by atoms with Gasteiger partial charge >= 0.3 is 5.97 Å². The maximum absolute atomic E-state index is 12.6. The van der Waals surface area contributed by atoms with E-state index in [0.29, 0.717) is 11.5 Å². The van der Waals surface area contributed by atoms with E-state index in [1.54, 1.807) is 6.07 Å². The Labute approximate surface area is 176 Å². The van der Waals surface area contributed by atoms with Crippen molar-refractivity contribution < 1.29 is 22.7 Å². The van der Waals surface area contributed by atoms with Gasteiger partial charge in [0.1, 0.15) is 0 Å².